The summed E-state index contributed by atoms with van der Waals surface area (Å²) in [6.45, 7) is 2.11. The van der Waals surface area contributed by atoms with Gasteiger partial charge in [0.15, 0.2) is 22.6 Å². The maximum Gasteiger partial charge on any atom is 0.335 e. The average Bonchev–Trinajstić information content (AvgIpc) is 3.23. The van der Waals surface area contributed by atoms with Gasteiger partial charge in [0.05, 0.1) is 21.8 Å². The van der Waals surface area contributed by atoms with Crippen LogP contribution in [0.1, 0.15) is 34.5 Å². The molecule has 4 aromatic rings. The molecular formula is C24H18F4N2O2S. The van der Waals surface area contributed by atoms with Gasteiger partial charge in [-0.2, -0.15) is 0 Å². The molecule has 0 amide bonds. The van der Waals surface area contributed by atoms with Gasteiger partial charge >= 0.3 is 5.97 Å². The Balaban J connectivity index is 1.69. The van der Waals surface area contributed by atoms with Crippen LogP contribution in [-0.2, 0) is 6.42 Å². The Bertz CT molecular complexity index is 1300. The lowest BCUT2D eigenvalue weighted by Gasteiger charge is -2.29. The van der Waals surface area contributed by atoms with Gasteiger partial charge in [-0.05, 0) is 60.9 Å². The molecule has 4 rings (SSSR count). The van der Waals surface area contributed by atoms with Crippen molar-refractivity contribution in [2.24, 2.45) is 0 Å². The lowest BCUT2D eigenvalue weighted by Crippen LogP contribution is -2.29. The predicted molar refractivity (Wildman–Crippen MR) is 119 cm³/mol. The van der Waals surface area contributed by atoms with E-state index in [1.165, 1.54) is 18.2 Å². The molecule has 0 fully saturated rings. The lowest BCUT2D eigenvalue weighted by molar-refractivity contribution is 0.0697. The summed E-state index contributed by atoms with van der Waals surface area (Å²) in [7, 11) is 0. The van der Waals surface area contributed by atoms with Gasteiger partial charge < -0.3 is 10.0 Å². The average molecular weight is 474 g/mol. The minimum atomic E-state index is -1.52. The highest BCUT2D eigenvalue weighted by atomic mass is 32.1. The Kier molecular flexibility index (Phi) is 6.33. The number of carboxylic acids is 1. The molecule has 1 heterocycles. The van der Waals surface area contributed by atoms with Gasteiger partial charge in [-0.1, -0.05) is 29.5 Å². The predicted octanol–water partition coefficient (Wildman–Crippen LogP) is 6.36. The first-order valence-electron chi connectivity index (χ1n) is 10.0. The van der Waals surface area contributed by atoms with Crippen LogP contribution in [0, 0.1) is 23.3 Å². The van der Waals surface area contributed by atoms with Crippen molar-refractivity contribution in [1.82, 2.24) is 4.98 Å². The SMILES string of the molecule is CC(c1ccc(C(=O)O)cc1)N(CCc1cc(F)c(F)c(F)c1)c1nc2cccc(F)c2s1. The van der Waals surface area contributed by atoms with Crippen LogP contribution in [0.4, 0.5) is 22.7 Å². The van der Waals surface area contributed by atoms with Crippen molar-refractivity contribution >= 4 is 32.7 Å². The molecule has 33 heavy (non-hydrogen) atoms. The Labute approximate surface area is 190 Å². The second-order valence-corrected chi connectivity index (χ2v) is 8.48. The summed E-state index contributed by atoms with van der Waals surface area (Å²) in [5.41, 5.74) is 1.65. The molecule has 0 aliphatic carbocycles. The van der Waals surface area contributed by atoms with E-state index in [-0.39, 0.29) is 30.1 Å². The fourth-order valence-corrected chi connectivity index (χ4v) is 4.64. The molecule has 170 valence electrons. The number of anilines is 1. The minimum absolute atomic E-state index is 0.136. The highest BCUT2D eigenvalue weighted by molar-refractivity contribution is 7.22. The van der Waals surface area contributed by atoms with Crippen LogP contribution in [0.5, 0.6) is 0 Å². The van der Waals surface area contributed by atoms with E-state index >= 15 is 0 Å². The molecule has 0 saturated carbocycles. The summed E-state index contributed by atoms with van der Waals surface area (Å²) in [4.78, 5) is 17.5. The third kappa shape index (κ3) is 4.68. The van der Waals surface area contributed by atoms with E-state index in [0.29, 0.717) is 15.3 Å². The van der Waals surface area contributed by atoms with Crippen LogP contribution in [0.15, 0.2) is 54.6 Å². The molecule has 0 bridgehead atoms. The third-order valence-electron chi connectivity index (χ3n) is 5.39. The van der Waals surface area contributed by atoms with Gasteiger partial charge in [0, 0.05) is 6.54 Å². The monoisotopic (exact) mass is 474 g/mol. The van der Waals surface area contributed by atoms with E-state index in [1.54, 1.807) is 24.3 Å². The number of rotatable bonds is 7. The Morgan fingerprint density at radius 1 is 1.03 bits per heavy atom. The molecular weight excluding hydrogens is 456 g/mol. The fourth-order valence-electron chi connectivity index (χ4n) is 3.57. The Morgan fingerprint density at radius 2 is 1.70 bits per heavy atom. The number of fused-ring (bicyclic) bond motifs is 1. The summed E-state index contributed by atoms with van der Waals surface area (Å²) in [6, 6.07) is 12.5. The van der Waals surface area contributed by atoms with Crippen molar-refractivity contribution in [2.45, 2.75) is 19.4 Å². The molecule has 3 aromatic carbocycles. The summed E-state index contributed by atoms with van der Waals surface area (Å²) in [5, 5.41) is 9.63. The summed E-state index contributed by atoms with van der Waals surface area (Å²) < 4.78 is 55.3. The molecule has 0 radical (unpaired) electrons. The van der Waals surface area contributed by atoms with E-state index in [1.807, 2.05) is 11.8 Å². The van der Waals surface area contributed by atoms with Crippen LogP contribution >= 0.6 is 11.3 Å². The number of benzene rings is 3. The highest BCUT2D eigenvalue weighted by Gasteiger charge is 2.22. The van der Waals surface area contributed by atoms with E-state index in [9.17, 15) is 22.4 Å². The number of aromatic carboxylic acids is 1. The summed E-state index contributed by atoms with van der Waals surface area (Å²) >= 11 is 1.14. The molecule has 4 nitrogen and oxygen atoms in total. The highest BCUT2D eigenvalue weighted by Crippen LogP contribution is 2.35. The van der Waals surface area contributed by atoms with Crippen molar-refractivity contribution in [3.63, 3.8) is 0 Å². The van der Waals surface area contributed by atoms with Gasteiger partial charge in [0.2, 0.25) is 0 Å². The van der Waals surface area contributed by atoms with Crippen molar-refractivity contribution < 1.29 is 27.5 Å². The zero-order valence-corrected chi connectivity index (χ0v) is 18.2. The van der Waals surface area contributed by atoms with Gasteiger partial charge in [-0.25, -0.2) is 27.3 Å². The zero-order valence-electron chi connectivity index (χ0n) is 17.4. The molecule has 1 N–H and O–H groups in total. The molecule has 1 unspecified atom stereocenters. The van der Waals surface area contributed by atoms with Gasteiger partial charge in [-0.3, -0.25) is 0 Å². The summed E-state index contributed by atoms with van der Waals surface area (Å²) in [6.07, 6.45) is 0.171. The second kappa shape index (κ2) is 9.19. The van der Waals surface area contributed by atoms with E-state index in [2.05, 4.69) is 4.98 Å². The first-order valence-corrected chi connectivity index (χ1v) is 10.8. The number of thiazole rings is 1. The van der Waals surface area contributed by atoms with Crippen LogP contribution in [0.2, 0.25) is 0 Å². The van der Waals surface area contributed by atoms with Gasteiger partial charge in [0.1, 0.15) is 5.82 Å². The zero-order chi connectivity index (χ0) is 23.7. The van der Waals surface area contributed by atoms with E-state index < -0.39 is 29.2 Å². The normalized spacial score (nSPS) is 12.2. The standard InChI is InChI=1S/C24H18F4N2O2S/c1-13(15-5-7-16(8-6-15)23(31)32)30(10-9-14-11-18(26)21(28)19(27)12-14)24-29-20-4-2-3-17(25)22(20)33-24/h2-8,11-13H,9-10H2,1H3,(H,31,32). The number of nitrogens with zero attached hydrogens (tertiary/aromatic N) is 2. The second-order valence-electron chi connectivity index (χ2n) is 7.50. The van der Waals surface area contributed by atoms with Gasteiger partial charge in [0.25, 0.3) is 0 Å². The number of halogens is 4. The molecule has 1 aromatic heterocycles. The van der Waals surface area contributed by atoms with Crippen molar-refractivity contribution in [2.75, 3.05) is 11.4 Å². The maximum absolute atomic E-state index is 14.3. The maximum atomic E-state index is 14.3. The molecule has 1 atom stereocenters. The lowest BCUT2D eigenvalue weighted by atomic mass is 10.0. The molecule has 9 heteroatoms. The van der Waals surface area contributed by atoms with Gasteiger partial charge in [-0.15, -0.1) is 0 Å². The van der Waals surface area contributed by atoms with Crippen LogP contribution in [-0.4, -0.2) is 22.6 Å². The first kappa shape index (κ1) is 22.7. The Hall–Kier alpha value is -3.46. The molecule has 0 saturated heterocycles. The number of hydrogen-bond donors (Lipinski definition) is 1. The van der Waals surface area contributed by atoms with Crippen molar-refractivity contribution in [1.29, 1.82) is 0 Å². The quantitative estimate of drug-likeness (QED) is 0.250. The smallest absolute Gasteiger partial charge is 0.335 e. The molecule has 0 aliphatic rings. The van der Waals surface area contributed by atoms with Crippen molar-refractivity contribution in [3.8, 4) is 0 Å². The molecule has 0 spiro atoms. The minimum Gasteiger partial charge on any atom is -0.478 e. The number of aromatic nitrogens is 1. The van der Waals surface area contributed by atoms with Crippen molar-refractivity contribution in [3.05, 3.63) is 94.6 Å². The molecule has 0 aliphatic heterocycles. The number of carbonyl (C=O) groups is 1. The van der Waals surface area contributed by atoms with E-state index in [0.717, 1.165) is 29.0 Å². The Morgan fingerprint density at radius 3 is 2.30 bits per heavy atom. The van der Waals surface area contributed by atoms with Crippen LogP contribution in [0.25, 0.3) is 10.2 Å². The summed E-state index contributed by atoms with van der Waals surface area (Å²) in [5.74, 6) is -5.51. The number of hydrogen-bond acceptors (Lipinski definition) is 4. The largest absolute Gasteiger partial charge is 0.478 e. The number of carboxylic acid groups (broad SMARTS) is 1. The topological polar surface area (TPSA) is 53.4 Å². The third-order valence-corrected chi connectivity index (χ3v) is 6.51. The van der Waals surface area contributed by atoms with E-state index in [4.69, 9.17) is 5.11 Å². The van der Waals surface area contributed by atoms with Crippen LogP contribution < -0.4 is 4.90 Å². The van der Waals surface area contributed by atoms with Crippen LogP contribution in [0.3, 0.4) is 0 Å². The fraction of sp³-hybridized carbons (Fsp3) is 0.167. The first-order chi connectivity index (χ1) is 15.7.